The molecule has 57 valence electrons. The molecule has 0 aromatic carbocycles. The Morgan fingerprint density at radius 2 is 1.60 bits per heavy atom. The zero-order valence-corrected chi connectivity index (χ0v) is 6.44. The molecular formula is C9H15O. The van der Waals surface area contributed by atoms with Crippen molar-refractivity contribution in [1.29, 1.82) is 0 Å². The molecule has 0 bridgehead atoms. The van der Waals surface area contributed by atoms with Gasteiger partial charge in [0.2, 0.25) is 0 Å². The van der Waals surface area contributed by atoms with Crippen LogP contribution in [-0.2, 0) is 5.11 Å². The van der Waals surface area contributed by atoms with Crippen molar-refractivity contribution in [2.45, 2.75) is 51.0 Å². The van der Waals surface area contributed by atoms with Gasteiger partial charge in [0.1, 0.15) is 0 Å². The molecule has 1 unspecified atom stereocenters. The van der Waals surface area contributed by atoms with E-state index in [-0.39, 0.29) is 6.10 Å². The minimum absolute atomic E-state index is 0.199. The van der Waals surface area contributed by atoms with Gasteiger partial charge in [-0.05, 0) is 31.1 Å². The first-order valence-corrected chi connectivity index (χ1v) is 4.49. The molecule has 0 amide bonds. The molecule has 1 atom stereocenters. The molecule has 2 aliphatic rings. The average Bonchev–Trinajstić information content (AvgIpc) is 2.48. The highest BCUT2D eigenvalue weighted by Gasteiger charge is 2.44. The first-order valence-electron chi connectivity index (χ1n) is 4.49. The lowest BCUT2D eigenvalue weighted by Gasteiger charge is -2.24. The summed E-state index contributed by atoms with van der Waals surface area (Å²) in [4.78, 5) is 0. The molecule has 1 heteroatoms. The van der Waals surface area contributed by atoms with E-state index >= 15 is 0 Å². The van der Waals surface area contributed by atoms with E-state index in [1.165, 1.54) is 38.5 Å². The molecule has 1 radical (unpaired) electrons. The Hall–Kier alpha value is -0.0400. The van der Waals surface area contributed by atoms with Crippen molar-refractivity contribution in [1.82, 2.24) is 0 Å². The van der Waals surface area contributed by atoms with Crippen molar-refractivity contribution < 1.29 is 5.11 Å². The van der Waals surface area contributed by atoms with Gasteiger partial charge in [0, 0.05) is 0 Å². The lowest BCUT2D eigenvalue weighted by Crippen LogP contribution is -2.24. The monoisotopic (exact) mass is 139 g/mol. The molecule has 0 aromatic rings. The maximum atomic E-state index is 11.5. The summed E-state index contributed by atoms with van der Waals surface area (Å²) in [5.41, 5.74) is 0.292. The summed E-state index contributed by atoms with van der Waals surface area (Å²) in [7, 11) is 0. The third-order valence-corrected chi connectivity index (χ3v) is 3.42. The second-order valence-electron chi connectivity index (χ2n) is 3.95. The largest absolute Gasteiger partial charge is 0.233 e. The highest BCUT2D eigenvalue weighted by atomic mass is 16.3. The van der Waals surface area contributed by atoms with Gasteiger partial charge in [-0.3, -0.25) is 0 Å². The Morgan fingerprint density at radius 1 is 1.00 bits per heavy atom. The van der Waals surface area contributed by atoms with Gasteiger partial charge < -0.3 is 0 Å². The lowest BCUT2D eigenvalue weighted by molar-refractivity contribution is -0.00146. The molecule has 1 nitrogen and oxygen atoms in total. The van der Waals surface area contributed by atoms with Crippen LogP contribution in [0.3, 0.4) is 0 Å². The first-order chi connectivity index (χ1) is 4.83. The van der Waals surface area contributed by atoms with Crippen LogP contribution in [0.1, 0.15) is 44.9 Å². The maximum absolute atomic E-state index is 11.5. The summed E-state index contributed by atoms with van der Waals surface area (Å²) in [6.45, 7) is 0. The van der Waals surface area contributed by atoms with Crippen LogP contribution >= 0.6 is 0 Å². The zero-order valence-electron chi connectivity index (χ0n) is 6.44. The third-order valence-electron chi connectivity index (χ3n) is 3.42. The minimum atomic E-state index is -0.199. The van der Waals surface area contributed by atoms with Crippen LogP contribution < -0.4 is 0 Å². The quantitative estimate of drug-likeness (QED) is 0.491. The van der Waals surface area contributed by atoms with E-state index < -0.39 is 0 Å². The molecule has 10 heavy (non-hydrogen) atoms. The van der Waals surface area contributed by atoms with Gasteiger partial charge in [0.15, 0.2) is 0 Å². The molecule has 0 aromatic heterocycles. The minimum Gasteiger partial charge on any atom is -0.233 e. The van der Waals surface area contributed by atoms with Gasteiger partial charge in [0.05, 0.1) is 6.10 Å². The summed E-state index contributed by atoms with van der Waals surface area (Å²) < 4.78 is 0. The van der Waals surface area contributed by atoms with E-state index in [1.54, 1.807) is 0 Å². The van der Waals surface area contributed by atoms with E-state index in [4.69, 9.17) is 0 Å². The van der Waals surface area contributed by atoms with E-state index in [2.05, 4.69) is 0 Å². The predicted molar refractivity (Wildman–Crippen MR) is 39.2 cm³/mol. The Kier molecular flexibility index (Phi) is 1.48. The third kappa shape index (κ3) is 0.800. The second-order valence-corrected chi connectivity index (χ2v) is 3.95. The van der Waals surface area contributed by atoms with Gasteiger partial charge in [0.25, 0.3) is 0 Å². The predicted octanol–water partition coefficient (Wildman–Crippen LogP) is 2.53. The van der Waals surface area contributed by atoms with Crippen LogP contribution in [0.15, 0.2) is 0 Å². The molecule has 2 fully saturated rings. The summed E-state index contributed by atoms with van der Waals surface area (Å²) in [5.74, 6) is 0. The normalized spacial score (nSPS) is 37.5. The second kappa shape index (κ2) is 2.23. The number of hydrogen-bond acceptors (Lipinski definition) is 0. The fraction of sp³-hybridized carbons (Fsp3) is 1.00. The topological polar surface area (TPSA) is 19.9 Å². The Balaban J connectivity index is 2.11. The standard InChI is InChI=1S/C9H15O/c10-8-4-3-7-9(8)5-1-2-6-9/h8H,1-7H2. The highest BCUT2D eigenvalue weighted by Crippen LogP contribution is 2.50. The molecule has 0 heterocycles. The molecule has 1 spiro atoms. The van der Waals surface area contributed by atoms with Crippen molar-refractivity contribution in [3.63, 3.8) is 0 Å². The number of hydrogen-bond donors (Lipinski definition) is 0. The number of rotatable bonds is 0. The van der Waals surface area contributed by atoms with Crippen molar-refractivity contribution in [3.05, 3.63) is 0 Å². The van der Waals surface area contributed by atoms with Gasteiger partial charge in [-0.25, -0.2) is 5.11 Å². The summed E-state index contributed by atoms with van der Waals surface area (Å²) in [5, 5.41) is 11.5. The van der Waals surface area contributed by atoms with Crippen molar-refractivity contribution in [2.24, 2.45) is 5.41 Å². The molecule has 2 rings (SSSR count). The van der Waals surface area contributed by atoms with Crippen LogP contribution in [0, 0.1) is 5.41 Å². The average molecular weight is 139 g/mol. The van der Waals surface area contributed by atoms with E-state index in [0.717, 1.165) is 6.42 Å². The van der Waals surface area contributed by atoms with Gasteiger partial charge >= 0.3 is 0 Å². The fourth-order valence-corrected chi connectivity index (χ4v) is 2.76. The van der Waals surface area contributed by atoms with Crippen LogP contribution in [0.2, 0.25) is 0 Å². The molecular weight excluding hydrogens is 124 g/mol. The van der Waals surface area contributed by atoms with E-state index in [9.17, 15) is 5.11 Å². The molecule has 2 aliphatic carbocycles. The maximum Gasteiger partial charge on any atom is 0.0986 e. The molecule has 0 N–H and O–H groups in total. The Labute approximate surface area is 62.4 Å². The van der Waals surface area contributed by atoms with Crippen LogP contribution in [0.4, 0.5) is 0 Å². The molecule has 0 saturated heterocycles. The smallest absolute Gasteiger partial charge is 0.0986 e. The van der Waals surface area contributed by atoms with Crippen LogP contribution in [-0.4, -0.2) is 6.10 Å². The van der Waals surface area contributed by atoms with Crippen molar-refractivity contribution in [2.75, 3.05) is 0 Å². The lowest BCUT2D eigenvalue weighted by atomic mass is 9.83. The van der Waals surface area contributed by atoms with E-state index in [0.29, 0.717) is 5.41 Å². The highest BCUT2D eigenvalue weighted by molar-refractivity contribution is 4.94. The summed E-state index contributed by atoms with van der Waals surface area (Å²) in [6, 6.07) is 0. The molecule has 2 saturated carbocycles. The molecule has 0 aliphatic heterocycles. The fourth-order valence-electron chi connectivity index (χ4n) is 2.76. The van der Waals surface area contributed by atoms with Gasteiger partial charge in [-0.15, -0.1) is 0 Å². The van der Waals surface area contributed by atoms with Gasteiger partial charge in [-0.1, -0.05) is 19.3 Å². The summed E-state index contributed by atoms with van der Waals surface area (Å²) >= 11 is 0. The van der Waals surface area contributed by atoms with Crippen molar-refractivity contribution >= 4 is 0 Å². The summed E-state index contributed by atoms with van der Waals surface area (Å²) in [6.07, 6.45) is 8.31. The van der Waals surface area contributed by atoms with E-state index in [1.807, 2.05) is 0 Å². The van der Waals surface area contributed by atoms with Crippen LogP contribution in [0.25, 0.3) is 0 Å². The SMILES string of the molecule is [O]C1CCCC12CCCC2. The van der Waals surface area contributed by atoms with Crippen LogP contribution in [0.5, 0.6) is 0 Å². The Bertz CT molecular complexity index is 119. The zero-order chi connectivity index (χ0) is 7.03. The first kappa shape index (κ1) is 6.66. The van der Waals surface area contributed by atoms with Gasteiger partial charge in [-0.2, -0.15) is 0 Å². The Morgan fingerprint density at radius 3 is 2.10 bits per heavy atom. The van der Waals surface area contributed by atoms with Crippen molar-refractivity contribution in [3.8, 4) is 0 Å².